The van der Waals surface area contributed by atoms with Crippen LogP contribution in [-0.2, 0) is 14.8 Å². The lowest BCUT2D eigenvalue weighted by Gasteiger charge is -2.30. The molecule has 1 aromatic rings. The molecule has 1 aliphatic rings. The van der Waals surface area contributed by atoms with Gasteiger partial charge in [-0.2, -0.15) is 4.31 Å². The van der Waals surface area contributed by atoms with Crippen molar-refractivity contribution in [1.82, 2.24) is 9.62 Å². The Morgan fingerprint density at radius 1 is 1.12 bits per heavy atom. The van der Waals surface area contributed by atoms with E-state index < -0.39 is 10.0 Å². The Labute approximate surface area is 157 Å². The molecular formula is C19H31N3O3S. The predicted octanol–water partition coefficient (Wildman–Crippen LogP) is 2.97. The first kappa shape index (κ1) is 20.9. The third-order valence-electron chi connectivity index (χ3n) is 4.68. The second-order valence-corrected chi connectivity index (χ2v) is 9.99. The molecule has 0 atom stereocenters. The lowest BCUT2D eigenvalue weighted by Crippen LogP contribution is -2.41. The molecule has 1 aromatic carbocycles. The fraction of sp³-hybridized carbons (Fsp3) is 0.632. The summed E-state index contributed by atoms with van der Waals surface area (Å²) in [6.45, 7) is 6.17. The Balaban J connectivity index is 2.00. The van der Waals surface area contributed by atoms with Crippen molar-refractivity contribution in [1.29, 1.82) is 0 Å². The van der Waals surface area contributed by atoms with Crippen molar-refractivity contribution in [3.8, 4) is 0 Å². The summed E-state index contributed by atoms with van der Waals surface area (Å²) >= 11 is 0. The number of sulfonamides is 1. The number of rotatable bonds is 6. The van der Waals surface area contributed by atoms with Crippen LogP contribution in [0.15, 0.2) is 29.2 Å². The lowest BCUT2D eigenvalue weighted by atomic mass is 9.96. The van der Waals surface area contributed by atoms with Crippen molar-refractivity contribution in [3.63, 3.8) is 0 Å². The number of hydrogen-bond donors (Lipinski definition) is 2. The molecule has 1 fully saturated rings. The average molecular weight is 382 g/mol. The van der Waals surface area contributed by atoms with Crippen LogP contribution in [0.3, 0.4) is 0 Å². The van der Waals surface area contributed by atoms with Crippen LogP contribution >= 0.6 is 0 Å². The van der Waals surface area contributed by atoms with E-state index in [0.29, 0.717) is 5.69 Å². The summed E-state index contributed by atoms with van der Waals surface area (Å²) in [5, 5.41) is 5.89. The van der Waals surface area contributed by atoms with Crippen molar-refractivity contribution < 1.29 is 13.2 Å². The second-order valence-electron chi connectivity index (χ2n) is 7.99. The molecule has 1 amide bonds. The molecule has 0 aliphatic heterocycles. The van der Waals surface area contributed by atoms with Crippen molar-refractivity contribution in [2.24, 2.45) is 0 Å². The molecule has 7 heteroatoms. The molecule has 6 nitrogen and oxygen atoms in total. The van der Waals surface area contributed by atoms with Crippen LogP contribution in [0.4, 0.5) is 5.69 Å². The van der Waals surface area contributed by atoms with Gasteiger partial charge >= 0.3 is 0 Å². The fourth-order valence-electron chi connectivity index (χ4n) is 3.07. The fourth-order valence-corrected chi connectivity index (χ4v) is 4.48. The van der Waals surface area contributed by atoms with Gasteiger partial charge in [0.25, 0.3) is 0 Å². The van der Waals surface area contributed by atoms with E-state index in [1.807, 2.05) is 20.8 Å². The van der Waals surface area contributed by atoms with Crippen molar-refractivity contribution in [3.05, 3.63) is 24.3 Å². The van der Waals surface area contributed by atoms with Gasteiger partial charge in [-0.3, -0.25) is 4.79 Å². The molecule has 0 unspecified atom stereocenters. The molecular weight excluding hydrogens is 350 g/mol. The van der Waals surface area contributed by atoms with Gasteiger partial charge in [-0.05, 0) is 57.9 Å². The minimum absolute atomic E-state index is 0.0802. The van der Waals surface area contributed by atoms with E-state index in [4.69, 9.17) is 0 Å². The standard InChI is InChI=1S/C19H31N3O3S/c1-19(2,3)20-14-18(23)21-15-10-12-17(13-11-15)26(24,25)22(4)16-8-6-5-7-9-16/h10-13,16,20H,5-9,14H2,1-4H3,(H,21,23). The summed E-state index contributed by atoms with van der Waals surface area (Å²) in [6, 6.07) is 6.47. The zero-order valence-electron chi connectivity index (χ0n) is 16.2. The summed E-state index contributed by atoms with van der Waals surface area (Å²) in [6.07, 6.45) is 5.19. The van der Waals surface area contributed by atoms with Crippen molar-refractivity contribution in [2.75, 3.05) is 18.9 Å². The average Bonchev–Trinajstić information content (AvgIpc) is 2.60. The van der Waals surface area contributed by atoms with Crippen LogP contribution in [0.5, 0.6) is 0 Å². The molecule has 0 saturated heterocycles. The van der Waals surface area contributed by atoms with Gasteiger partial charge in [0.1, 0.15) is 0 Å². The van der Waals surface area contributed by atoms with E-state index in [0.717, 1.165) is 25.7 Å². The zero-order chi connectivity index (χ0) is 19.4. The first-order valence-electron chi connectivity index (χ1n) is 9.22. The maximum absolute atomic E-state index is 12.8. The van der Waals surface area contributed by atoms with Gasteiger partial charge in [-0.15, -0.1) is 0 Å². The van der Waals surface area contributed by atoms with E-state index in [1.165, 1.54) is 10.7 Å². The highest BCUT2D eigenvalue weighted by Crippen LogP contribution is 2.26. The first-order valence-corrected chi connectivity index (χ1v) is 10.7. The third-order valence-corrected chi connectivity index (χ3v) is 6.61. The Bertz CT molecular complexity index is 703. The highest BCUT2D eigenvalue weighted by Gasteiger charge is 2.28. The van der Waals surface area contributed by atoms with Gasteiger partial charge in [0.15, 0.2) is 0 Å². The number of amides is 1. The third kappa shape index (κ3) is 5.79. The molecule has 0 spiro atoms. The van der Waals surface area contributed by atoms with Crippen LogP contribution < -0.4 is 10.6 Å². The molecule has 2 rings (SSSR count). The van der Waals surface area contributed by atoms with Gasteiger partial charge in [0.05, 0.1) is 11.4 Å². The molecule has 0 heterocycles. The summed E-state index contributed by atoms with van der Waals surface area (Å²) in [5.74, 6) is -0.158. The summed E-state index contributed by atoms with van der Waals surface area (Å²) in [7, 11) is -1.84. The topological polar surface area (TPSA) is 78.5 Å². The van der Waals surface area contributed by atoms with E-state index in [1.54, 1.807) is 31.3 Å². The second kappa shape index (κ2) is 8.50. The number of hydrogen-bond acceptors (Lipinski definition) is 4. The van der Waals surface area contributed by atoms with Crippen LogP contribution in [0.25, 0.3) is 0 Å². The smallest absolute Gasteiger partial charge is 0.243 e. The summed E-state index contributed by atoms with van der Waals surface area (Å²) < 4.78 is 27.1. The van der Waals surface area contributed by atoms with Crippen LogP contribution in [0.2, 0.25) is 0 Å². The van der Waals surface area contributed by atoms with Gasteiger partial charge in [-0.1, -0.05) is 19.3 Å². The van der Waals surface area contributed by atoms with E-state index in [2.05, 4.69) is 10.6 Å². The van der Waals surface area contributed by atoms with Crippen molar-refractivity contribution in [2.45, 2.75) is 69.4 Å². The van der Waals surface area contributed by atoms with E-state index in [9.17, 15) is 13.2 Å². The SMILES string of the molecule is CN(C1CCCCC1)S(=O)(=O)c1ccc(NC(=O)CNC(C)(C)C)cc1. The largest absolute Gasteiger partial charge is 0.325 e. The normalized spacial score (nSPS) is 16.7. The summed E-state index contributed by atoms with van der Waals surface area (Å²) in [5.41, 5.74) is 0.448. The Hall–Kier alpha value is -1.44. The minimum Gasteiger partial charge on any atom is -0.325 e. The van der Waals surface area contributed by atoms with E-state index >= 15 is 0 Å². The zero-order valence-corrected chi connectivity index (χ0v) is 17.0. The van der Waals surface area contributed by atoms with Gasteiger partial charge < -0.3 is 10.6 Å². The molecule has 0 aromatic heterocycles. The van der Waals surface area contributed by atoms with Gasteiger partial charge in [0.2, 0.25) is 15.9 Å². The number of nitrogens with one attached hydrogen (secondary N) is 2. The van der Waals surface area contributed by atoms with E-state index in [-0.39, 0.29) is 28.9 Å². The number of benzene rings is 1. The highest BCUT2D eigenvalue weighted by atomic mass is 32.2. The number of carbonyl (C=O) groups is 1. The molecule has 0 bridgehead atoms. The maximum Gasteiger partial charge on any atom is 0.243 e. The Kier molecular flexibility index (Phi) is 6.82. The molecule has 146 valence electrons. The minimum atomic E-state index is -3.51. The van der Waals surface area contributed by atoms with Crippen LogP contribution in [0, 0.1) is 0 Å². The maximum atomic E-state index is 12.8. The van der Waals surface area contributed by atoms with Gasteiger partial charge in [-0.25, -0.2) is 8.42 Å². The molecule has 2 N–H and O–H groups in total. The Morgan fingerprint density at radius 3 is 2.23 bits per heavy atom. The summed E-state index contributed by atoms with van der Waals surface area (Å²) in [4.78, 5) is 12.2. The number of anilines is 1. The van der Waals surface area contributed by atoms with Crippen molar-refractivity contribution >= 4 is 21.6 Å². The molecule has 26 heavy (non-hydrogen) atoms. The molecule has 0 radical (unpaired) electrons. The quantitative estimate of drug-likeness (QED) is 0.794. The lowest BCUT2D eigenvalue weighted by molar-refractivity contribution is -0.115. The predicted molar refractivity (Wildman–Crippen MR) is 105 cm³/mol. The van der Waals surface area contributed by atoms with Crippen LogP contribution in [0.1, 0.15) is 52.9 Å². The van der Waals surface area contributed by atoms with Crippen LogP contribution in [-0.4, -0.2) is 43.8 Å². The number of carbonyl (C=O) groups excluding carboxylic acids is 1. The molecule has 1 aliphatic carbocycles. The highest BCUT2D eigenvalue weighted by molar-refractivity contribution is 7.89. The first-order chi connectivity index (χ1) is 12.1. The monoisotopic (exact) mass is 381 g/mol. The van der Waals surface area contributed by atoms with Gasteiger partial charge in [0, 0.05) is 24.3 Å². The number of nitrogens with zero attached hydrogens (tertiary/aromatic N) is 1. The Morgan fingerprint density at radius 2 is 1.69 bits per heavy atom. The molecule has 1 saturated carbocycles.